The van der Waals surface area contributed by atoms with E-state index in [2.05, 4.69) is 24.0 Å². The van der Waals surface area contributed by atoms with Gasteiger partial charge in [-0.3, -0.25) is 0 Å². The Hall–Kier alpha value is -1.06. The molecule has 0 amide bonds. The predicted molar refractivity (Wildman–Crippen MR) is 96.1 cm³/mol. The number of ether oxygens (including phenoxy) is 1. The van der Waals surface area contributed by atoms with Crippen molar-refractivity contribution in [3.05, 3.63) is 70.7 Å². The molecular weight excluding hydrogens is 317 g/mol. The molecule has 0 fully saturated rings. The molecule has 4 heteroatoms. The van der Waals surface area contributed by atoms with Gasteiger partial charge in [0.15, 0.2) is 0 Å². The van der Waals surface area contributed by atoms with Gasteiger partial charge in [0.05, 0.1) is 6.61 Å². The van der Waals surface area contributed by atoms with Crippen LogP contribution in [0.5, 0.6) is 0 Å². The standard InChI is InChI=1S/C18H22ClNO.ClH/c1-18(21-14-13-20(2)3,15-9-5-4-6-10-15)16-11-7-8-12-17(16)19;/h4-12H,13-14H2,1-3H3;1H. The number of halogens is 2. The Morgan fingerprint density at radius 2 is 1.59 bits per heavy atom. The Kier molecular flexibility index (Phi) is 7.37. The Morgan fingerprint density at radius 1 is 1.00 bits per heavy atom. The summed E-state index contributed by atoms with van der Waals surface area (Å²) < 4.78 is 6.27. The van der Waals surface area contributed by atoms with E-state index in [0.29, 0.717) is 6.61 Å². The van der Waals surface area contributed by atoms with Crippen molar-refractivity contribution < 1.29 is 4.74 Å². The second kappa shape index (κ2) is 8.54. The Balaban J connectivity index is 0.00000242. The van der Waals surface area contributed by atoms with Gasteiger partial charge in [0, 0.05) is 17.1 Å². The average molecular weight is 340 g/mol. The summed E-state index contributed by atoms with van der Waals surface area (Å²) in [5, 5.41) is 0.730. The van der Waals surface area contributed by atoms with Crippen LogP contribution in [0.25, 0.3) is 0 Å². The molecule has 0 spiro atoms. The van der Waals surface area contributed by atoms with Gasteiger partial charge in [-0.1, -0.05) is 60.1 Å². The number of likely N-dealkylation sites (N-methyl/N-ethyl adjacent to an activating group) is 1. The van der Waals surface area contributed by atoms with Crippen LogP contribution < -0.4 is 0 Å². The van der Waals surface area contributed by atoms with Crippen molar-refractivity contribution in [3.8, 4) is 0 Å². The van der Waals surface area contributed by atoms with E-state index in [0.717, 1.165) is 22.7 Å². The summed E-state index contributed by atoms with van der Waals surface area (Å²) in [6, 6.07) is 18.1. The third-order valence-electron chi connectivity index (χ3n) is 3.64. The molecule has 0 heterocycles. The molecule has 2 aromatic carbocycles. The number of hydrogen-bond acceptors (Lipinski definition) is 2. The molecule has 0 saturated carbocycles. The van der Waals surface area contributed by atoms with E-state index >= 15 is 0 Å². The van der Waals surface area contributed by atoms with Gasteiger partial charge in [-0.05, 0) is 32.6 Å². The fourth-order valence-corrected chi connectivity index (χ4v) is 2.67. The topological polar surface area (TPSA) is 12.5 Å². The molecule has 0 aliphatic rings. The Labute approximate surface area is 144 Å². The van der Waals surface area contributed by atoms with Crippen LogP contribution in [0.1, 0.15) is 18.1 Å². The van der Waals surface area contributed by atoms with Crippen molar-refractivity contribution >= 4 is 24.0 Å². The van der Waals surface area contributed by atoms with Crippen LogP contribution in [-0.4, -0.2) is 32.1 Å². The minimum Gasteiger partial charge on any atom is -0.364 e. The predicted octanol–water partition coefficient (Wildman–Crippen LogP) is 4.60. The summed E-state index contributed by atoms with van der Waals surface area (Å²) in [6.45, 7) is 3.59. The molecule has 0 aromatic heterocycles. The summed E-state index contributed by atoms with van der Waals surface area (Å²) in [7, 11) is 4.08. The first-order valence-corrected chi connectivity index (χ1v) is 7.51. The highest BCUT2D eigenvalue weighted by molar-refractivity contribution is 6.31. The second-order valence-corrected chi connectivity index (χ2v) is 5.94. The lowest BCUT2D eigenvalue weighted by Crippen LogP contribution is -2.31. The Bertz CT molecular complexity index is 574. The first-order valence-electron chi connectivity index (χ1n) is 7.13. The Morgan fingerprint density at radius 3 is 2.18 bits per heavy atom. The lowest BCUT2D eigenvalue weighted by molar-refractivity contribution is -0.0100. The van der Waals surface area contributed by atoms with Gasteiger partial charge in [0.2, 0.25) is 0 Å². The van der Waals surface area contributed by atoms with Crippen LogP contribution in [0.2, 0.25) is 5.02 Å². The first kappa shape index (κ1) is 19.0. The summed E-state index contributed by atoms with van der Waals surface area (Å²) in [6.07, 6.45) is 0. The SMILES string of the molecule is CN(C)CCOC(C)(c1ccccc1)c1ccccc1Cl.Cl. The zero-order valence-corrected chi connectivity index (χ0v) is 14.8. The molecule has 0 aliphatic heterocycles. The molecule has 2 rings (SSSR count). The van der Waals surface area contributed by atoms with Crippen molar-refractivity contribution in [1.82, 2.24) is 4.90 Å². The van der Waals surface area contributed by atoms with E-state index in [4.69, 9.17) is 16.3 Å². The maximum atomic E-state index is 6.41. The molecule has 0 saturated heterocycles. The highest BCUT2D eigenvalue weighted by Gasteiger charge is 2.31. The van der Waals surface area contributed by atoms with Crippen LogP contribution in [0, 0.1) is 0 Å². The van der Waals surface area contributed by atoms with Gasteiger partial charge >= 0.3 is 0 Å². The molecule has 2 nitrogen and oxygen atoms in total. The van der Waals surface area contributed by atoms with Gasteiger partial charge in [-0.2, -0.15) is 0 Å². The molecule has 22 heavy (non-hydrogen) atoms. The average Bonchev–Trinajstić information content (AvgIpc) is 2.48. The van der Waals surface area contributed by atoms with Crippen molar-refractivity contribution in [2.24, 2.45) is 0 Å². The number of rotatable bonds is 6. The zero-order chi connectivity index (χ0) is 15.3. The number of nitrogens with zero attached hydrogens (tertiary/aromatic N) is 1. The minimum absolute atomic E-state index is 0. The fraction of sp³-hybridized carbons (Fsp3) is 0.333. The van der Waals surface area contributed by atoms with E-state index in [9.17, 15) is 0 Å². The molecule has 0 bridgehead atoms. The maximum Gasteiger partial charge on any atom is 0.117 e. The van der Waals surface area contributed by atoms with E-state index in [-0.39, 0.29) is 12.4 Å². The molecule has 0 aliphatic carbocycles. The van der Waals surface area contributed by atoms with E-state index in [1.165, 1.54) is 0 Å². The van der Waals surface area contributed by atoms with Crippen molar-refractivity contribution in [2.75, 3.05) is 27.2 Å². The summed E-state index contributed by atoms with van der Waals surface area (Å²) in [5.74, 6) is 0. The van der Waals surface area contributed by atoms with Crippen LogP contribution in [0.3, 0.4) is 0 Å². The maximum absolute atomic E-state index is 6.41. The normalized spacial score (nSPS) is 13.5. The van der Waals surface area contributed by atoms with Gasteiger partial charge in [0.1, 0.15) is 5.60 Å². The number of hydrogen-bond donors (Lipinski definition) is 0. The van der Waals surface area contributed by atoms with Gasteiger partial charge < -0.3 is 9.64 Å². The summed E-state index contributed by atoms with van der Waals surface area (Å²) >= 11 is 6.41. The van der Waals surface area contributed by atoms with Crippen LogP contribution in [0.15, 0.2) is 54.6 Å². The van der Waals surface area contributed by atoms with Crippen molar-refractivity contribution in [2.45, 2.75) is 12.5 Å². The lowest BCUT2D eigenvalue weighted by atomic mass is 9.88. The molecule has 0 radical (unpaired) electrons. The minimum atomic E-state index is -0.546. The fourth-order valence-electron chi connectivity index (χ4n) is 2.35. The molecule has 0 N–H and O–H groups in total. The smallest absolute Gasteiger partial charge is 0.117 e. The van der Waals surface area contributed by atoms with Crippen LogP contribution >= 0.6 is 24.0 Å². The third-order valence-corrected chi connectivity index (χ3v) is 3.97. The molecule has 2 aromatic rings. The highest BCUT2D eigenvalue weighted by Crippen LogP contribution is 2.37. The van der Waals surface area contributed by atoms with Crippen molar-refractivity contribution in [3.63, 3.8) is 0 Å². The van der Waals surface area contributed by atoms with Gasteiger partial charge in [-0.25, -0.2) is 0 Å². The van der Waals surface area contributed by atoms with E-state index in [1.54, 1.807) is 0 Å². The highest BCUT2D eigenvalue weighted by atomic mass is 35.5. The molecule has 1 unspecified atom stereocenters. The molecular formula is C18H23Cl2NO. The largest absolute Gasteiger partial charge is 0.364 e. The summed E-state index contributed by atoms with van der Waals surface area (Å²) in [5.41, 5.74) is 1.56. The first-order chi connectivity index (χ1) is 10.0. The van der Waals surface area contributed by atoms with E-state index in [1.807, 2.05) is 56.6 Å². The lowest BCUT2D eigenvalue weighted by Gasteiger charge is -2.32. The number of benzene rings is 2. The van der Waals surface area contributed by atoms with Gasteiger partial charge in [-0.15, -0.1) is 12.4 Å². The van der Waals surface area contributed by atoms with Gasteiger partial charge in [0.25, 0.3) is 0 Å². The third kappa shape index (κ3) is 4.47. The van der Waals surface area contributed by atoms with Crippen LogP contribution in [0.4, 0.5) is 0 Å². The van der Waals surface area contributed by atoms with Crippen LogP contribution in [-0.2, 0) is 10.3 Å². The molecule has 120 valence electrons. The zero-order valence-electron chi connectivity index (χ0n) is 13.3. The quantitative estimate of drug-likeness (QED) is 0.762. The summed E-state index contributed by atoms with van der Waals surface area (Å²) in [4.78, 5) is 2.11. The second-order valence-electron chi connectivity index (χ2n) is 5.53. The monoisotopic (exact) mass is 339 g/mol. The molecule has 1 atom stereocenters. The van der Waals surface area contributed by atoms with Crippen molar-refractivity contribution in [1.29, 1.82) is 0 Å². The van der Waals surface area contributed by atoms with E-state index < -0.39 is 5.60 Å².